The fourth-order valence-corrected chi connectivity index (χ4v) is 6.29. The van der Waals surface area contributed by atoms with E-state index in [-0.39, 0.29) is 32.6 Å². The Hall–Kier alpha value is -2.03. The molecule has 0 rings (SSSR count). The average Bonchev–Trinajstić information content (AvgIpc) is 3.14. The molecule has 2 atom stereocenters. The van der Waals surface area contributed by atoms with Crippen LogP contribution in [0.3, 0.4) is 0 Å². The molecule has 0 aromatic heterocycles. The number of hydrogen-bond acceptors (Lipinski definition) is 8. The molecule has 3 N–H and O–H groups in total. The van der Waals surface area contributed by atoms with E-state index in [1.807, 2.05) is 0 Å². The van der Waals surface area contributed by atoms with Crippen LogP contribution in [0, 0.1) is 0 Å². The van der Waals surface area contributed by atoms with Crippen molar-refractivity contribution in [1.82, 2.24) is 0 Å². The molecule has 53 heavy (non-hydrogen) atoms. The molecule has 0 aliphatic carbocycles. The molecular formula is C43H78NO8P. The molecule has 308 valence electrons. The zero-order chi connectivity index (χ0) is 38.9. The van der Waals surface area contributed by atoms with Crippen molar-refractivity contribution >= 4 is 19.8 Å². The zero-order valence-corrected chi connectivity index (χ0v) is 34.6. The van der Waals surface area contributed by atoms with E-state index in [2.05, 4.69) is 62.5 Å². The number of ether oxygens (including phenoxy) is 2. The number of hydrogen-bond donors (Lipinski definition) is 2. The second-order valence-corrected chi connectivity index (χ2v) is 15.3. The van der Waals surface area contributed by atoms with Crippen LogP contribution in [0.15, 0.2) is 48.6 Å². The lowest BCUT2D eigenvalue weighted by molar-refractivity contribution is -0.161. The maximum absolute atomic E-state index is 12.6. The third-order valence-corrected chi connectivity index (χ3v) is 9.67. The van der Waals surface area contributed by atoms with Crippen LogP contribution >= 0.6 is 7.82 Å². The van der Waals surface area contributed by atoms with Crippen LogP contribution in [-0.2, 0) is 32.7 Å². The van der Waals surface area contributed by atoms with Gasteiger partial charge in [0.15, 0.2) is 6.10 Å². The average molecular weight is 768 g/mol. The molecule has 0 radical (unpaired) electrons. The number of phosphoric acid groups is 1. The first-order valence-corrected chi connectivity index (χ1v) is 22.6. The predicted molar refractivity (Wildman–Crippen MR) is 220 cm³/mol. The number of carbonyl (C=O) groups excluding carboxylic acids is 2. The summed E-state index contributed by atoms with van der Waals surface area (Å²) < 4.78 is 32.7. The number of unbranched alkanes of at least 4 members (excludes halogenated alkanes) is 18. The SMILES string of the molecule is CCCCCCCCC=CCC=CCC=CCCCC(=O)OCC(COP(=O)(O)OCCN)OC(=O)CCCCCCCC=CCCCCCCCC. The van der Waals surface area contributed by atoms with E-state index >= 15 is 0 Å². The van der Waals surface area contributed by atoms with E-state index in [0.29, 0.717) is 12.8 Å². The van der Waals surface area contributed by atoms with Crippen molar-refractivity contribution in [3.05, 3.63) is 48.6 Å². The molecular weight excluding hydrogens is 689 g/mol. The van der Waals surface area contributed by atoms with Gasteiger partial charge in [-0.1, -0.05) is 146 Å². The van der Waals surface area contributed by atoms with Crippen molar-refractivity contribution in [3.63, 3.8) is 0 Å². The number of carbonyl (C=O) groups is 2. The number of allylic oxidation sites excluding steroid dienone is 8. The molecule has 2 unspecified atom stereocenters. The highest BCUT2D eigenvalue weighted by Crippen LogP contribution is 2.43. The number of phosphoric ester groups is 1. The topological polar surface area (TPSA) is 134 Å². The summed E-state index contributed by atoms with van der Waals surface area (Å²) in [4.78, 5) is 34.8. The number of rotatable bonds is 39. The molecule has 10 heteroatoms. The third kappa shape index (κ3) is 39.5. The van der Waals surface area contributed by atoms with Crippen molar-refractivity contribution in [1.29, 1.82) is 0 Å². The van der Waals surface area contributed by atoms with Crippen molar-refractivity contribution < 1.29 is 37.6 Å². The zero-order valence-electron chi connectivity index (χ0n) is 33.7. The standard InChI is InChI=1S/C43H78NO8P/c1-3-5-7-9-11-13-15-17-19-20-22-23-25-27-29-31-33-35-42(45)49-39-41(40-51-53(47,48)50-38-37-44)52-43(46)36-34-32-30-28-26-24-21-18-16-14-12-10-8-6-4-2/h17-19,21-23,27,29,41H,3-16,20,24-26,28,30-40,44H2,1-2H3,(H,47,48). The predicted octanol–water partition coefficient (Wildman–Crippen LogP) is 11.9. The Balaban J connectivity index is 4.27. The van der Waals surface area contributed by atoms with Gasteiger partial charge in [0, 0.05) is 19.4 Å². The van der Waals surface area contributed by atoms with Crippen LogP contribution < -0.4 is 5.73 Å². The summed E-state index contributed by atoms with van der Waals surface area (Å²) in [5, 5.41) is 0. The van der Waals surface area contributed by atoms with Gasteiger partial charge in [-0.25, -0.2) is 4.57 Å². The first-order valence-electron chi connectivity index (χ1n) is 21.1. The summed E-state index contributed by atoms with van der Waals surface area (Å²) in [6.07, 6.45) is 44.3. The second kappa shape index (κ2) is 39.7. The van der Waals surface area contributed by atoms with Gasteiger partial charge in [0.1, 0.15) is 6.61 Å². The maximum Gasteiger partial charge on any atom is 0.472 e. The van der Waals surface area contributed by atoms with Crippen molar-refractivity contribution in [2.75, 3.05) is 26.4 Å². The number of esters is 2. The molecule has 0 saturated heterocycles. The van der Waals surface area contributed by atoms with E-state index in [9.17, 15) is 19.0 Å². The first-order chi connectivity index (χ1) is 25.8. The Bertz CT molecular complexity index is 1010. The summed E-state index contributed by atoms with van der Waals surface area (Å²) in [6, 6.07) is 0. The van der Waals surface area contributed by atoms with Crippen molar-refractivity contribution in [2.24, 2.45) is 5.73 Å². The molecule has 0 aliphatic heterocycles. The number of nitrogens with two attached hydrogens (primary N) is 1. The van der Waals surface area contributed by atoms with E-state index in [1.54, 1.807) is 0 Å². The lowest BCUT2D eigenvalue weighted by atomic mass is 10.1. The largest absolute Gasteiger partial charge is 0.472 e. The lowest BCUT2D eigenvalue weighted by Crippen LogP contribution is -2.29. The van der Waals surface area contributed by atoms with E-state index in [1.165, 1.54) is 83.5 Å². The summed E-state index contributed by atoms with van der Waals surface area (Å²) >= 11 is 0. The van der Waals surface area contributed by atoms with E-state index in [4.69, 9.17) is 24.3 Å². The van der Waals surface area contributed by atoms with Gasteiger partial charge in [0.25, 0.3) is 0 Å². The van der Waals surface area contributed by atoms with Gasteiger partial charge in [0.2, 0.25) is 0 Å². The Labute approximate surface area is 324 Å². The smallest absolute Gasteiger partial charge is 0.462 e. The van der Waals surface area contributed by atoms with Gasteiger partial charge >= 0.3 is 19.8 Å². The van der Waals surface area contributed by atoms with Crippen LogP contribution in [-0.4, -0.2) is 49.3 Å². The lowest BCUT2D eigenvalue weighted by Gasteiger charge is -2.19. The molecule has 0 aliphatic rings. The van der Waals surface area contributed by atoms with Crippen molar-refractivity contribution in [3.8, 4) is 0 Å². The highest BCUT2D eigenvalue weighted by atomic mass is 31.2. The van der Waals surface area contributed by atoms with Gasteiger partial charge in [-0.2, -0.15) is 0 Å². The Morgan fingerprint density at radius 2 is 1.00 bits per heavy atom. The third-order valence-electron chi connectivity index (χ3n) is 8.69. The molecule has 0 fully saturated rings. The highest BCUT2D eigenvalue weighted by molar-refractivity contribution is 7.47. The van der Waals surface area contributed by atoms with E-state index in [0.717, 1.165) is 57.8 Å². The maximum atomic E-state index is 12.6. The Kier molecular flexibility index (Phi) is 38.1. The molecule has 0 aromatic rings. The monoisotopic (exact) mass is 768 g/mol. The summed E-state index contributed by atoms with van der Waals surface area (Å²) in [6.45, 7) is 3.65. The fourth-order valence-electron chi connectivity index (χ4n) is 5.53. The van der Waals surface area contributed by atoms with Gasteiger partial charge in [-0.15, -0.1) is 0 Å². The van der Waals surface area contributed by atoms with Crippen LogP contribution in [0.5, 0.6) is 0 Å². The van der Waals surface area contributed by atoms with Gasteiger partial charge in [-0.05, 0) is 70.6 Å². The highest BCUT2D eigenvalue weighted by Gasteiger charge is 2.25. The minimum atomic E-state index is -4.39. The van der Waals surface area contributed by atoms with Crippen LogP contribution in [0.1, 0.15) is 181 Å². The Morgan fingerprint density at radius 3 is 1.53 bits per heavy atom. The molecule has 0 aromatic carbocycles. The Morgan fingerprint density at radius 1 is 0.566 bits per heavy atom. The molecule has 0 bridgehead atoms. The van der Waals surface area contributed by atoms with Crippen LogP contribution in [0.4, 0.5) is 0 Å². The molecule has 0 spiro atoms. The first kappa shape index (κ1) is 51.0. The summed E-state index contributed by atoms with van der Waals surface area (Å²) in [7, 11) is -4.39. The molecule has 9 nitrogen and oxygen atoms in total. The second-order valence-electron chi connectivity index (χ2n) is 13.8. The molecule has 0 heterocycles. The van der Waals surface area contributed by atoms with Gasteiger partial charge < -0.3 is 20.1 Å². The van der Waals surface area contributed by atoms with Crippen LogP contribution in [0.2, 0.25) is 0 Å². The minimum Gasteiger partial charge on any atom is -0.462 e. The quantitative estimate of drug-likeness (QED) is 0.0271. The normalized spacial score (nSPS) is 13.8. The van der Waals surface area contributed by atoms with Gasteiger partial charge in [0.05, 0.1) is 13.2 Å². The molecule has 0 saturated carbocycles. The fraction of sp³-hybridized carbons (Fsp3) is 0.767. The van der Waals surface area contributed by atoms with E-state index < -0.39 is 32.5 Å². The van der Waals surface area contributed by atoms with Crippen molar-refractivity contribution in [2.45, 2.75) is 187 Å². The molecule has 0 amide bonds. The summed E-state index contributed by atoms with van der Waals surface area (Å²) in [5.74, 6) is -0.901. The van der Waals surface area contributed by atoms with Crippen LogP contribution in [0.25, 0.3) is 0 Å². The summed E-state index contributed by atoms with van der Waals surface area (Å²) in [5.41, 5.74) is 5.34. The van der Waals surface area contributed by atoms with Gasteiger partial charge in [-0.3, -0.25) is 18.6 Å². The minimum absolute atomic E-state index is 0.0444.